The first-order chi connectivity index (χ1) is 11.6. The van der Waals surface area contributed by atoms with Crippen molar-refractivity contribution >= 4 is 17.2 Å². The molecule has 0 radical (unpaired) electrons. The van der Waals surface area contributed by atoms with Crippen LogP contribution in [0, 0.1) is 23.6 Å². The van der Waals surface area contributed by atoms with Gasteiger partial charge in [-0.15, -0.1) is 0 Å². The van der Waals surface area contributed by atoms with Crippen LogP contribution in [0.15, 0.2) is 18.2 Å². The highest BCUT2D eigenvalue weighted by Crippen LogP contribution is 2.42. The largest absolute Gasteiger partial charge is 0.205 e. The van der Waals surface area contributed by atoms with Crippen molar-refractivity contribution in [1.82, 2.24) is 0 Å². The summed E-state index contributed by atoms with van der Waals surface area (Å²) in [7, 11) is 0. The summed E-state index contributed by atoms with van der Waals surface area (Å²) in [4.78, 5) is 0. The Morgan fingerprint density at radius 3 is 2.38 bits per heavy atom. The molecule has 0 N–H and O–H groups in total. The zero-order chi connectivity index (χ0) is 17.1. The molecule has 1 saturated carbocycles. The van der Waals surface area contributed by atoms with Gasteiger partial charge in [-0.1, -0.05) is 62.9 Å². The molecule has 0 nitrogen and oxygen atoms in total. The Morgan fingerprint density at radius 2 is 1.79 bits per heavy atom. The Hall–Kier alpha value is -0.820. The average molecular weight is 349 g/mol. The van der Waals surface area contributed by atoms with Crippen LogP contribution in [0.2, 0.25) is 5.02 Å². The van der Waals surface area contributed by atoms with Gasteiger partial charge in [0.25, 0.3) is 0 Å². The van der Waals surface area contributed by atoms with E-state index in [-0.39, 0.29) is 5.82 Å². The van der Waals surface area contributed by atoms with Crippen molar-refractivity contribution in [3.8, 4) is 0 Å². The van der Waals surface area contributed by atoms with E-state index in [1.54, 1.807) is 0 Å². The molecule has 0 saturated heterocycles. The van der Waals surface area contributed by atoms with Gasteiger partial charge in [0.2, 0.25) is 0 Å². The minimum Gasteiger partial charge on any atom is -0.205 e. The smallest absolute Gasteiger partial charge is 0.149 e. The molecule has 2 aliphatic carbocycles. The zero-order valence-electron chi connectivity index (χ0n) is 15.1. The van der Waals surface area contributed by atoms with E-state index in [1.165, 1.54) is 38.5 Å². The van der Waals surface area contributed by atoms with E-state index in [9.17, 15) is 4.39 Å². The summed E-state index contributed by atoms with van der Waals surface area (Å²) < 4.78 is 14.6. The average Bonchev–Trinajstić information content (AvgIpc) is 2.64. The molecule has 0 amide bonds. The lowest BCUT2D eigenvalue weighted by atomic mass is 9.70. The second-order valence-electron chi connectivity index (χ2n) is 7.71. The Labute approximate surface area is 151 Å². The van der Waals surface area contributed by atoms with Gasteiger partial charge in [-0.3, -0.25) is 0 Å². The molecule has 2 aliphatic rings. The molecule has 0 aliphatic heterocycles. The van der Waals surface area contributed by atoms with E-state index in [2.05, 4.69) is 13.0 Å². The summed E-state index contributed by atoms with van der Waals surface area (Å²) in [6.07, 6.45) is 13.4. The Kier molecular flexibility index (Phi) is 6.02. The van der Waals surface area contributed by atoms with Crippen LogP contribution in [-0.2, 0) is 6.42 Å². The van der Waals surface area contributed by atoms with Crippen LogP contribution in [0.1, 0.15) is 76.3 Å². The van der Waals surface area contributed by atoms with Crippen LogP contribution in [0.4, 0.5) is 4.39 Å². The SMILES string of the molecule is CCc1ccc(C2=CCC(C3CCC(CC)CC3)CC2)c(F)c1Cl. The van der Waals surface area contributed by atoms with E-state index in [0.717, 1.165) is 53.7 Å². The zero-order valence-corrected chi connectivity index (χ0v) is 15.8. The molecule has 0 aromatic heterocycles. The maximum absolute atomic E-state index is 14.6. The van der Waals surface area contributed by atoms with Crippen molar-refractivity contribution < 1.29 is 4.39 Å². The van der Waals surface area contributed by atoms with E-state index >= 15 is 0 Å². The minimum absolute atomic E-state index is 0.218. The highest BCUT2D eigenvalue weighted by Gasteiger charge is 2.28. The summed E-state index contributed by atoms with van der Waals surface area (Å²) >= 11 is 6.19. The highest BCUT2D eigenvalue weighted by atomic mass is 35.5. The maximum atomic E-state index is 14.6. The molecule has 1 fully saturated rings. The Bertz CT molecular complexity index is 596. The third-order valence-electron chi connectivity index (χ3n) is 6.48. The summed E-state index contributed by atoms with van der Waals surface area (Å²) in [5.74, 6) is 2.44. The van der Waals surface area contributed by atoms with Gasteiger partial charge in [-0.25, -0.2) is 4.39 Å². The van der Waals surface area contributed by atoms with E-state index in [4.69, 9.17) is 11.6 Å². The normalized spacial score (nSPS) is 27.8. The van der Waals surface area contributed by atoms with Crippen LogP contribution in [0.25, 0.3) is 5.57 Å². The number of rotatable bonds is 4. The first-order valence-electron chi connectivity index (χ1n) is 9.80. The fourth-order valence-corrected chi connectivity index (χ4v) is 5.00. The van der Waals surface area contributed by atoms with Crippen LogP contribution < -0.4 is 0 Å². The van der Waals surface area contributed by atoms with Crippen molar-refractivity contribution in [3.05, 3.63) is 40.2 Å². The van der Waals surface area contributed by atoms with E-state index < -0.39 is 0 Å². The molecule has 24 heavy (non-hydrogen) atoms. The van der Waals surface area contributed by atoms with Crippen LogP contribution in [0.5, 0.6) is 0 Å². The lowest BCUT2D eigenvalue weighted by molar-refractivity contribution is 0.192. The van der Waals surface area contributed by atoms with Gasteiger partial charge in [0.05, 0.1) is 5.02 Å². The van der Waals surface area contributed by atoms with Gasteiger partial charge in [0.15, 0.2) is 0 Å². The molecule has 1 unspecified atom stereocenters. The summed E-state index contributed by atoms with van der Waals surface area (Å²) in [6, 6.07) is 3.92. The van der Waals surface area contributed by atoms with Crippen LogP contribution >= 0.6 is 11.6 Å². The number of hydrogen-bond acceptors (Lipinski definition) is 0. The third-order valence-corrected chi connectivity index (χ3v) is 6.88. The van der Waals surface area contributed by atoms with Gasteiger partial charge in [0.1, 0.15) is 5.82 Å². The molecule has 0 bridgehead atoms. The molecule has 2 heteroatoms. The maximum Gasteiger partial charge on any atom is 0.149 e. The summed E-state index contributed by atoms with van der Waals surface area (Å²) in [5, 5.41) is 0.316. The monoisotopic (exact) mass is 348 g/mol. The second-order valence-corrected chi connectivity index (χ2v) is 8.08. The van der Waals surface area contributed by atoms with Crippen LogP contribution in [-0.4, -0.2) is 0 Å². The lowest BCUT2D eigenvalue weighted by Crippen LogP contribution is -2.23. The van der Waals surface area contributed by atoms with Crippen molar-refractivity contribution in [1.29, 1.82) is 0 Å². The van der Waals surface area contributed by atoms with Crippen molar-refractivity contribution in [3.63, 3.8) is 0 Å². The van der Waals surface area contributed by atoms with Gasteiger partial charge in [0, 0.05) is 5.56 Å². The Morgan fingerprint density at radius 1 is 1.04 bits per heavy atom. The molecule has 3 rings (SSSR count). The van der Waals surface area contributed by atoms with Crippen molar-refractivity contribution in [2.75, 3.05) is 0 Å². The molecule has 0 heterocycles. The van der Waals surface area contributed by atoms with Crippen LogP contribution in [0.3, 0.4) is 0 Å². The predicted molar refractivity (Wildman–Crippen MR) is 102 cm³/mol. The molecule has 132 valence electrons. The van der Waals surface area contributed by atoms with Crippen molar-refractivity contribution in [2.24, 2.45) is 17.8 Å². The number of halogens is 2. The first kappa shape index (κ1) is 18.0. The first-order valence-corrected chi connectivity index (χ1v) is 10.2. The molecule has 1 aromatic rings. The van der Waals surface area contributed by atoms with Gasteiger partial charge >= 0.3 is 0 Å². The van der Waals surface area contributed by atoms with Gasteiger partial charge in [-0.2, -0.15) is 0 Å². The number of benzene rings is 1. The number of aryl methyl sites for hydroxylation is 1. The fourth-order valence-electron chi connectivity index (χ4n) is 4.71. The molecular weight excluding hydrogens is 319 g/mol. The second kappa shape index (κ2) is 8.04. The quantitative estimate of drug-likeness (QED) is 0.530. The predicted octanol–water partition coefficient (Wildman–Crippen LogP) is 7.44. The topological polar surface area (TPSA) is 0 Å². The summed E-state index contributed by atoms with van der Waals surface area (Å²) in [5.41, 5.74) is 2.79. The standard InChI is InChI=1S/C22H30ClF/c1-3-15-5-7-17(8-6-15)18-9-11-19(12-10-18)20-14-13-16(4-2)21(23)22(20)24/h11,13-15,17-18H,3-10,12H2,1-2H3. The van der Waals surface area contributed by atoms with Gasteiger partial charge in [-0.05, 0) is 67.4 Å². The van der Waals surface area contributed by atoms with Gasteiger partial charge < -0.3 is 0 Å². The third kappa shape index (κ3) is 3.72. The molecular formula is C22H30ClF. The minimum atomic E-state index is -0.218. The lowest BCUT2D eigenvalue weighted by Gasteiger charge is -2.35. The van der Waals surface area contributed by atoms with E-state index in [1.807, 2.05) is 19.1 Å². The molecule has 1 atom stereocenters. The fraction of sp³-hybridized carbons (Fsp3) is 0.636. The highest BCUT2D eigenvalue weighted by molar-refractivity contribution is 6.31. The number of allylic oxidation sites excluding steroid dienone is 2. The van der Waals surface area contributed by atoms with Crippen molar-refractivity contribution in [2.45, 2.75) is 71.6 Å². The van der Waals surface area contributed by atoms with E-state index in [0.29, 0.717) is 5.02 Å². The molecule has 0 spiro atoms. The Balaban J connectivity index is 1.67. The molecule has 1 aromatic carbocycles. The number of hydrogen-bond donors (Lipinski definition) is 0. The summed E-state index contributed by atoms with van der Waals surface area (Å²) in [6.45, 7) is 4.34.